The smallest absolute Gasteiger partial charge is 0.175 e. The Kier molecular flexibility index (Phi) is 8.72. The summed E-state index contributed by atoms with van der Waals surface area (Å²) in [7, 11) is -2.87. The molecule has 3 heterocycles. The van der Waals surface area contributed by atoms with Gasteiger partial charge in [-0.3, -0.25) is 0 Å². The van der Waals surface area contributed by atoms with Crippen molar-refractivity contribution in [1.82, 2.24) is 9.13 Å². The van der Waals surface area contributed by atoms with Gasteiger partial charge in [-0.2, -0.15) is 0 Å². The molecule has 0 saturated carbocycles. The summed E-state index contributed by atoms with van der Waals surface area (Å²) in [6.07, 6.45) is 15.0. The molecular weight excluding hydrogens is 809 g/mol. The molecular formula is C60H44N2SSi. The molecule has 0 saturated heterocycles. The van der Waals surface area contributed by atoms with Crippen LogP contribution in [0.4, 0.5) is 0 Å². The van der Waals surface area contributed by atoms with E-state index >= 15 is 0 Å². The summed E-state index contributed by atoms with van der Waals surface area (Å²) in [4.78, 5) is 0. The number of thiophene rings is 1. The molecule has 2 nitrogen and oxygen atoms in total. The fourth-order valence-electron chi connectivity index (χ4n) is 11.4. The zero-order valence-corrected chi connectivity index (χ0v) is 37.2. The summed E-state index contributed by atoms with van der Waals surface area (Å²) in [6.45, 7) is 0. The lowest BCUT2D eigenvalue weighted by atomic mass is 9.91. The van der Waals surface area contributed by atoms with Gasteiger partial charge >= 0.3 is 0 Å². The molecule has 64 heavy (non-hydrogen) atoms. The molecule has 13 rings (SSSR count). The Morgan fingerprint density at radius 3 is 1.95 bits per heavy atom. The van der Waals surface area contributed by atoms with Gasteiger partial charge in [0.25, 0.3) is 0 Å². The lowest BCUT2D eigenvalue weighted by molar-refractivity contribution is 0.847. The highest BCUT2D eigenvalue weighted by atomic mass is 32.1. The van der Waals surface area contributed by atoms with Crippen LogP contribution in [0, 0.1) is 0 Å². The van der Waals surface area contributed by atoms with Gasteiger partial charge in [-0.05, 0) is 88.9 Å². The number of rotatable bonds is 7. The summed E-state index contributed by atoms with van der Waals surface area (Å²) in [5.74, 6) is 0.254. The molecule has 4 heteroatoms. The number of fused-ring (bicyclic) bond motifs is 9. The maximum Gasteiger partial charge on any atom is 0.175 e. The first-order valence-corrected chi connectivity index (χ1v) is 25.4. The Labute approximate surface area is 378 Å². The average Bonchev–Trinajstić information content (AvgIpc) is 4.03. The third kappa shape index (κ3) is 5.62. The van der Waals surface area contributed by atoms with Crippen molar-refractivity contribution in [3.8, 4) is 11.4 Å². The van der Waals surface area contributed by atoms with Gasteiger partial charge in [0.05, 0.1) is 16.6 Å². The average molecular weight is 853 g/mol. The molecule has 11 aromatic rings. The molecule has 2 aliphatic rings. The van der Waals surface area contributed by atoms with Crippen LogP contribution >= 0.6 is 11.3 Å². The SMILES string of the molecule is C1=CC(c2cccc3c2sc2ccccc23)CC([Si](c2ccccc2)(c2ccccc2)c2cccc(-n3c4ccccc4c4cc(-n5c6c(c7ccccc75)C=CCC6)ccc43)c2)=C1. The van der Waals surface area contributed by atoms with Crippen LogP contribution in [0.5, 0.6) is 0 Å². The largest absolute Gasteiger partial charge is 0.313 e. The Bertz CT molecular complexity index is 3670. The lowest BCUT2D eigenvalue weighted by Crippen LogP contribution is -2.69. The third-order valence-electron chi connectivity index (χ3n) is 14.1. The number of nitrogens with zero attached hydrogens (tertiary/aromatic N) is 2. The van der Waals surface area contributed by atoms with Gasteiger partial charge in [-0.25, -0.2) is 0 Å². The van der Waals surface area contributed by atoms with Crippen LogP contribution in [0.1, 0.15) is 35.6 Å². The molecule has 0 radical (unpaired) electrons. The summed E-state index contributed by atoms with van der Waals surface area (Å²) in [5, 5.41) is 12.3. The van der Waals surface area contributed by atoms with E-state index in [0.29, 0.717) is 0 Å². The first kappa shape index (κ1) is 37.3. The summed E-state index contributed by atoms with van der Waals surface area (Å²) in [6, 6.07) is 73.3. The Morgan fingerprint density at radius 1 is 0.500 bits per heavy atom. The molecule has 1 atom stereocenters. The monoisotopic (exact) mass is 852 g/mol. The van der Waals surface area contributed by atoms with Gasteiger partial charge in [-0.15, -0.1) is 11.3 Å². The maximum atomic E-state index is 2.54. The van der Waals surface area contributed by atoms with Crippen LogP contribution in [0.25, 0.3) is 70.3 Å². The molecule has 0 amide bonds. The highest BCUT2D eigenvalue weighted by Gasteiger charge is 2.44. The molecule has 0 aliphatic heterocycles. The minimum absolute atomic E-state index is 0.254. The number of para-hydroxylation sites is 2. The topological polar surface area (TPSA) is 9.86 Å². The second-order valence-corrected chi connectivity index (χ2v) is 22.4. The fraction of sp³-hybridized carbons (Fsp3) is 0.0667. The number of hydrogen-bond acceptors (Lipinski definition) is 1. The van der Waals surface area contributed by atoms with Crippen LogP contribution in [0.3, 0.4) is 0 Å². The van der Waals surface area contributed by atoms with Crippen LogP contribution in [-0.4, -0.2) is 17.2 Å². The minimum Gasteiger partial charge on any atom is -0.313 e. The van der Waals surface area contributed by atoms with Crippen molar-refractivity contribution < 1.29 is 0 Å². The van der Waals surface area contributed by atoms with Crippen molar-refractivity contribution in [3.05, 3.63) is 240 Å². The van der Waals surface area contributed by atoms with Gasteiger partial charge in [0, 0.05) is 64.9 Å². The van der Waals surface area contributed by atoms with Crippen LogP contribution < -0.4 is 15.6 Å². The minimum atomic E-state index is -2.87. The van der Waals surface area contributed by atoms with E-state index in [-0.39, 0.29) is 5.92 Å². The van der Waals surface area contributed by atoms with Crippen LogP contribution in [0.2, 0.25) is 0 Å². The van der Waals surface area contributed by atoms with E-state index in [1.807, 2.05) is 11.3 Å². The third-order valence-corrected chi connectivity index (χ3v) is 20.3. The zero-order valence-electron chi connectivity index (χ0n) is 35.4. The summed E-state index contributed by atoms with van der Waals surface area (Å²) in [5.41, 5.74) is 10.3. The second-order valence-electron chi connectivity index (χ2n) is 17.4. The molecule has 2 aliphatic carbocycles. The first-order chi connectivity index (χ1) is 31.8. The van der Waals surface area contributed by atoms with Crippen molar-refractivity contribution in [2.24, 2.45) is 0 Å². The van der Waals surface area contributed by atoms with E-state index in [2.05, 4.69) is 234 Å². The highest BCUT2D eigenvalue weighted by Crippen LogP contribution is 2.43. The lowest BCUT2D eigenvalue weighted by Gasteiger charge is -2.38. The highest BCUT2D eigenvalue weighted by molar-refractivity contribution is 7.26. The van der Waals surface area contributed by atoms with Gasteiger partial charge in [-0.1, -0.05) is 181 Å². The maximum absolute atomic E-state index is 2.87. The Morgan fingerprint density at radius 2 is 1.14 bits per heavy atom. The first-order valence-electron chi connectivity index (χ1n) is 22.6. The normalized spacial score (nSPS) is 15.1. The second kappa shape index (κ2) is 14.9. The Balaban J connectivity index is 1.00. The molecule has 0 spiro atoms. The van der Waals surface area contributed by atoms with E-state index < -0.39 is 8.07 Å². The van der Waals surface area contributed by atoms with E-state index in [9.17, 15) is 0 Å². The van der Waals surface area contributed by atoms with Crippen LogP contribution in [0.15, 0.2) is 224 Å². The van der Waals surface area contributed by atoms with Gasteiger partial charge in [0.15, 0.2) is 8.07 Å². The van der Waals surface area contributed by atoms with Crippen molar-refractivity contribution in [3.63, 3.8) is 0 Å². The number of hydrogen-bond donors (Lipinski definition) is 0. The fourth-order valence-corrected chi connectivity index (χ4v) is 17.7. The zero-order chi connectivity index (χ0) is 42.2. The molecule has 0 N–H and O–H groups in total. The quantitative estimate of drug-likeness (QED) is 0.112. The summed E-state index contributed by atoms with van der Waals surface area (Å²) >= 11 is 1.94. The van der Waals surface area contributed by atoms with Crippen molar-refractivity contribution in [2.45, 2.75) is 25.2 Å². The molecule has 0 bridgehead atoms. The predicted octanol–water partition coefficient (Wildman–Crippen LogP) is 13.7. The molecule has 304 valence electrons. The van der Waals surface area contributed by atoms with Crippen LogP contribution in [-0.2, 0) is 6.42 Å². The van der Waals surface area contributed by atoms with Crippen molar-refractivity contribution in [2.75, 3.05) is 0 Å². The number of allylic oxidation sites excluding steroid dienone is 5. The Hall–Kier alpha value is -7.24. The molecule has 8 aromatic carbocycles. The molecule has 3 aromatic heterocycles. The van der Waals surface area contributed by atoms with E-state index in [1.54, 1.807) is 0 Å². The van der Waals surface area contributed by atoms with Crippen molar-refractivity contribution in [1.29, 1.82) is 0 Å². The van der Waals surface area contributed by atoms with Crippen molar-refractivity contribution >= 4 is 93.9 Å². The van der Waals surface area contributed by atoms with Gasteiger partial charge in [0.2, 0.25) is 0 Å². The van der Waals surface area contributed by atoms with Gasteiger partial charge < -0.3 is 9.13 Å². The molecule has 1 unspecified atom stereocenters. The van der Waals surface area contributed by atoms with Gasteiger partial charge in [0.1, 0.15) is 0 Å². The molecule has 0 fully saturated rings. The summed E-state index contributed by atoms with van der Waals surface area (Å²) < 4.78 is 7.79. The number of benzene rings is 8. The van der Waals surface area contributed by atoms with E-state index in [0.717, 1.165) is 19.3 Å². The predicted molar refractivity (Wildman–Crippen MR) is 276 cm³/mol. The standard InChI is InChI=1S/C60H44N2SSi/c1-3-20-44(21-4-1)64(45-22-5-2-6-23-45,46-24-15-18-41(38-46)48-30-17-31-53-52-29-10-14-35-59(52)63-60(48)53)47-25-16-19-42(39-47)61-57-34-13-9-28-51(57)54-40-43(36-37-58(54)61)62-55-32-11-7-26-49(55)50-27-8-12-33-56(50)62/h1-11,13-32,34-37,39-41H,12,33,38H2. The van der Waals surface area contributed by atoms with E-state index in [1.165, 1.54) is 102 Å². The number of aromatic nitrogens is 2. The van der Waals surface area contributed by atoms with E-state index in [4.69, 9.17) is 0 Å².